The Kier molecular flexibility index (Phi) is 5.62. The van der Waals surface area contributed by atoms with Gasteiger partial charge >= 0.3 is 0 Å². The van der Waals surface area contributed by atoms with Crippen molar-refractivity contribution in [2.24, 2.45) is 5.92 Å². The van der Waals surface area contributed by atoms with Gasteiger partial charge in [0.25, 0.3) is 0 Å². The first kappa shape index (κ1) is 15.5. The van der Waals surface area contributed by atoms with Crippen molar-refractivity contribution in [1.29, 1.82) is 0 Å². The van der Waals surface area contributed by atoms with Crippen molar-refractivity contribution in [1.82, 2.24) is 4.90 Å². The van der Waals surface area contributed by atoms with Gasteiger partial charge < -0.3 is 4.90 Å². The highest BCUT2D eigenvalue weighted by Crippen LogP contribution is 2.27. The molecular formula is C17H24ClNO. The van der Waals surface area contributed by atoms with Gasteiger partial charge in [-0.3, -0.25) is 4.79 Å². The predicted octanol–water partition coefficient (Wildman–Crippen LogP) is 4.42. The molecule has 1 fully saturated rings. The van der Waals surface area contributed by atoms with Crippen molar-refractivity contribution in [2.45, 2.75) is 45.1 Å². The molecule has 0 radical (unpaired) electrons. The van der Waals surface area contributed by atoms with Crippen LogP contribution < -0.4 is 0 Å². The molecule has 1 aliphatic carbocycles. The van der Waals surface area contributed by atoms with Crippen molar-refractivity contribution < 1.29 is 4.79 Å². The molecule has 2 rings (SSSR count). The van der Waals surface area contributed by atoms with Crippen molar-refractivity contribution >= 4 is 17.4 Å². The Morgan fingerprint density at radius 1 is 1.30 bits per heavy atom. The number of hydrogen-bond donors (Lipinski definition) is 0. The van der Waals surface area contributed by atoms with Gasteiger partial charge in [-0.2, -0.15) is 0 Å². The number of carbonyl (C=O) groups excluding carboxylic acids is 1. The van der Waals surface area contributed by atoms with Crippen LogP contribution >= 0.6 is 11.6 Å². The number of carbonyl (C=O) groups is 1. The monoisotopic (exact) mass is 293 g/mol. The number of benzene rings is 1. The van der Waals surface area contributed by atoms with E-state index < -0.39 is 0 Å². The second-order valence-electron chi connectivity index (χ2n) is 5.96. The summed E-state index contributed by atoms with van der Waals surface area (Å²) in [5.41, 5.74) is 0.652. The maximum atomic E-state index is 12.2. The van der Waals surface area contributed by atoms with E-state index in [0.29, 0.717) is 23.0 Å². The summed E-state index contributed by atoms with van der Waals surface area (Å²) >= 11 is 6.07. The fourth-order valence-electron chi connectivity index (χ4n) is 3.22. The van der Waals surface area contributed by atoms with Crippen LogP contribution in [0.5, 0.6) is 0 Å². The summed E-state index contributed by atoms with van der Waals surface area (Å²) in [4.78, 5) is 14.6. The first-order valence-corrected chi connectivity index (χ1v) is 7.95. The quantitative estimate of drug-likeness (QED) is 0.749. The van der Waals surface area contributed by atoms with E-state index in [1.807, 2.05) is 18.2 Å². The lowest BCUT2D eigenvalue weighted by atomic mass is 9.85. The summed E-state index contributed by atoms with van der Waals surface area (Å²) in [5.74, 6) is 0.884. The van der Waals surface area contributed by atoms with Crippen LogP contribution in [0, 0.1) is 5.92 Å². The van der Waals surface area contributed by atoms with E-state index in [4.69, 9.17) is 11.6 Å². The minimum Gasteiger partial charge on any atom is -0.303 e. The van der Waals surface area contributed by atoms with Gasteiger partial charge in [0.2, 0.25) is 0 Å². The standard InChI is InChI=1S/C17H24ClNO/c1-13-7-3-6-10-16(13)19(2)12-11-17(20)14-8-4-5-9-15(14)18/h4-5,8-9,13,16H,3,6-7,10-12H2,1-2H3. The first-order chi connectivity index (χ1) is 9.59. The third kappa shape index (κ3) is 3.83. The number of Topliss-reactive ketones (excluding diaryl/α,β-unsaturated/α-hetero) is 1. The Bertz CT molecular complexity index is 460. The highest BCUT2D eigenvalue weighted by Gasteiger charge is 2.25. The molecule has 3 heteroatoms. The number of halogens is 1. The normalized spacial score (nSPS) is 23.0. The summed E-state index contributed by atoms with van der Waals surface area (Å²) in [6.45, 7) is 3.15. The van der Waals surface area contributed by atoms with Crippen LogP contribution in [0.25, 0.3) is 0 Å². The third-order valence-electron chi connectivity index (χ3n) is 4.50. The van der Waals surface area contributed by atoms with E-state index in [1.54, 1.807) is 6.07 Å². The van der Waals surface area contributed by atoms with Crippen LogP contribution in [0.4, 0.5) is 0 Å². The molecule has 0 saturated heterocycles. The van der Waals surface area contributed by atoms with Crippen LogP contribution in [0.1, 0.15) is 49.4 Å². The van der Waals surface area contributed by atoms with Gasteiger partial charge in [-0.05, 0) is 37.9 Å². The fourth-order valence-corrected chi connectivity index (χ4v) is 3.46. The fraction of sp³-hybridized carbons (Fsp3) is 0.588. The minimum absolute atomic E-state index is 0.144. The zero-order valence-electron chi connectivity index (χ0n) is 12.4. The lowest BCUT2D eigenvalue weighted by molar-refractivity contribution is 0.0928. The maximum absolute atomic E-state index is 12.2. The highest BCUT2D eigenvalue weighted by molar-refractivity contribution is 6.33. The number of rotatable bonds is 5. The van der Waals surface area contributed by atoms with E-state index in [9.17, 15) is 4.79 Å². The third-order valence-corrected chi connectivity index (χ3v) is 4.83. The van der Waals surface area contributed by atoms with Gasteiger partial charge in [0, 0.05) is 24.6 Å². The Labute approximate surface area is 127 Å². The molecule has 2 atom stereocenters. The zero-order valence-corrected chi connectivity index (χ0v) is 13.2. The van der Waals surface area contributed by atoms with Crippen molar-refractivity contribution in [3.05, 3.63) is 34.9 Å². The van der Waals surface area contributed by atoms with Crippen molar-refractivity contribution in [3.8, 4) is 0 Å². The maximum Gasteiger partial charge on any atom is 0.165 e. The zero-order chi connectivity index (χ0) is 14.5. The molecule has 0 aliphatic heterocycles. The number of ketones is 1. The van der Waals surface area contributed by atoms with Gasteiger partial charge in [-0.15, -0.1) is 0 Å². The van der Waals surface area contributed by atoms with Gasteiger partial charge in [-0.25, -0.2) is 0 Å². The summed E-state index contributed by atoms with van der Waals surface area (Å²) < 4.78 is 0. The molecule has 110 valence electrons. The van der Waals surface area contributed by atoms with Gasteiger partial charge in [0.05, 0.1) is 5.02 Å². The van der Waals surface area contributed by atoms with E-state index in [2.05, 4.69) is 18.9 Å². The average Bonchev–Trinajstić information content (AvgIpc) is 2.45. The smallest absolute Gasteiger partial charge is 0.165 e. The Morgan fingerprint density at radius 3 is 2.70 bits per heavy atom. The van der Waals surface area contributed by atoms with Crippen LogP contribution in [0.15, 0.2) is 24.3 Å². The Balaban J connectivity index is 1.88. The Hall–Kier alpha value is -0.860. The molecular weight excluding hydrogens is 270 g/mol. The molecule has 0 amide bonds. The van der Waals surface area contributed by atoms with E-state index >= 15 is 0 Å². The molecule has 1 aliphatic rings. The minimum atomic E-state index is 0.144. The molecule has 20 heavy (non-hydrogen) atoms. The second-order valence-corrected chi connectivity index (χ2v) is 6.37. The highest BCUT2D eigenvalue weighted by atomic mass is 35.5. The summed E-state index contributed by atoms with van der Waals surface area (Å²) in [7, 11) is 2.15. The summed E-state index contributed by atoms with van der Waals surface area (Å²) in [6.07, 6.45) is 5.79. The Morgan fingerprint density at radius 2 is 2.00 bits per heavy atom. The lowest BCUT2D eigenvalue weighted by Gasteiger charge is -2.36. The molecule has 0 heterocycles. The average molecular weight is 294 g/mol. The van der Waals surface area contributed by atoms with Crippen LogP contribution in [-0.4, -0.2) is 30.3 Å². The van der Waals surface area contributed by atoms with E-state index in [0.717, 1.165) is 12.5 Å². The lowest BCUT2D eigenvalue weighted by Crippen LogP contribution is -2.39. The SMILES string of the molecule is CC1CCCCC1N(C)CCC(=O)c1ccccc1Cl. The molecule has 0 bridgehead atoms. The number of nitrogens with zero attached hydrogens (tertiary/aromatic N) is 1. The summed E-state index contributed by atoms with van der Waals surface area (Å²) in [5, 5.41) is 0.561. The molecule has 0 N–H and O–H groups in total. The van der Waals surface area contributed by atoms with Crippen molar-refractivity contribution in [3.63, 3.8) is 0 Å². The summed E-state index contributed by atoms with van der Waals surface area (Å²) in [6, 6.07) is 7.94. The topological polar surface area (TPSA) is 20.3 Å². The number of hydrogen-bond acceptors (Lipinski definition) is 2. The first-order valence-electron chi connectivity index (χ1n) is 7.57. The second kappa shape index (κ2) is 7.24. The van der Waals surface area contributed by atoms with Crippen LogP contribution in [0.3, 0.4) is 0 Å². The molecule has 1 saturated carbocycles. The molecule has 1 aromatic carbocycles. The van der Waals surface area contributed by atoms with Crippen LogP contribution in [0.2, 0.25) is 5.02 Å². The molecule has 0 aromatic heterocycles. The largest absolute Gasteiger partial charge is 0.303 e. The van der Waals surface area contributed by atoms with Gasteiger partial charge in [0.15, 0.2) is 5.78 Å². The van der Waals surface area contributed by atoms with E-state index in [1.165, 1.54) is 25.7 Å². The van der Waals surface area contributed by atoms with E-state index in [-0.39, 0.29) is 5.78 Å². The van der Waals surface area contributed by atoms with Gasteiger partial charge in [-0.1, -0.05) is 43.5 Å². The molecule has 2 nitrogen and oxygen atoms in total. The van der Waals surface area contributed by atoms with Gasteiger partial charge in [0.1, 0.15) is 0 Å². The van der Waals surface area contributed by atoms with Crippen molar-refractivity contribution in [2.75, 3.05) is 13.6 Å². The molecule has 2 unspecified atom stereocenters. The predicted molar refractivity (Wildman–Crippen MR) is 84.4 cm³/mol. The van der Waals surface area contributed by atoms with Crippen LogP contribution in [-0.2, 0) is 0 Å². The molecule has 0 spiro atoms. The molecule has 1 aromatic rings.